The van der Waals surface area contributed by atoms with E-state index in [2.05, 4.69) is 5.32 Å². The number of fused-ring (bicyclic) bond motifs is 3. The number of carbonyl (C=O) groups excluding carboxylic acids is 4. The van der Waals surface area contributed by atoms with E-state index in [-0.39, 0.29) is 59.9 Å². The van der Waals surface area contributed by atoms with Crippen molar-refractivity contribution in [2.24, 2.45) is 5.92 Å². The van der Waals surface area contributed by atoms with Crippen LogP contribution in [-0.4, -0.2) is 41.6 Å². The van der Waals surface area contributed by atoms with Gasteiger partial charge in [-0.15, -0.1) is 0 Å². The van der Waals surface area contributed by atoms with Crippen LogP contribution in [0, 0.1) is 17.6 Å². The number of aryl methyl sites for hydroxylation is 1. The number of hydrogen-bond acceptors (Lipinski definition) is 6. The summed E-state index contributed by atoms with van der Waals surface area (Å²) in [5.74, 6) is -3.34. The number of benzene rings is 2. The molecule has 2 aliphatic carbocycles. The average Bonchev–Trinajstić information content (AvgIpc) is 3.18. The molecule has 0 spiro atoms. The highest BCUT2D eigenvalue weighted by atomic mass is 19.1. The molecular formula is C28H22F2N2O6. The molecule has 1 atom stereocenters. The van der Waals surface area contributed by atoms with Crippen LogP contribution in [-0.2, 0) is 28.0 Å². The van der Waals surface area contributed by atoms with Crippen LogP contribution in [0.2, 0.25) is 0 Å². The van der Waals surface area contributed by atoms with Gasteiger partial charge in [-0.1, -0.05) is 6.07 Å². The third-order valence-corrected chi connectivity index (χ3v) is 8.04. The first-order chi connectivity index (χ1) is 18.2. The number of amides is 3. The van der Waals surface area contributed by atoms with Crippen molar-refractivity contribution in [3.63, 3.8) is 0 Å². The first-order valence-corrected chi connectivity index (χ1v) is 12.6. The fourth-order valence-electron chi connectivity index (χ4n) is 5.81. The van der Waals surface area contributed by atoms with Gasteiger partial charge >= 0.3 is 0 Å². The molecule has 2 fully saturated rings. The summed E-state index contributed by atoms with van der Waals surface area (Å²) in [4.78, 5) is 52.4. The average molecular weight is 520 g/mol. The molecule has 10 heteroatoms. The summed E-state index contributed by atoms with van der Waals surface area (Å²) in [7, 11) is 0. The Labute approximate surface area is 214 Å². The van der Waals surface area contributed by atoms with Crippen LogP contribution in [0.3, 0.4) is 0 Å². The van der Waals surface area contributed by atoms with E-state index in [9.17, 15) is 19.2 Å². The van der Waals surface area contributed by atoms with Gasteiger partial charge in [0, 0.05) is 24.9 Å². The van der Waals surface area contributed by atoms with Gasteiger partial charge in [-0.2, -0.15) is 0 Å². The minimum atomic E-state index is -1.64. The molecule has 0 radical (unpaired) electrons. The smallest absolute Gasteiger partial charge is 0.257 e. The predicted molar refractivity (Wildman–Crippen MR) is 128 cm³/mol. The maximum Gasteiger partial charge on any atom is 0.257 e. The van der Waals surface area contributed by atoms with Crippen LogP contribution in [0.25, 0.3) is 11.0 Å². The van der Waals surface area contributed by atoms with Crippen molar-refractivity contribution in [1.82, 2.24) is 10.2 Å². The Hall–Kier alpha value is -4.08. The Bertz CT molecular complexity index is 1610. The molecule has 3 amide bonds. The Balaban J connectivity index is 1.25. The molecule has 1 N–H and O–H groups in total. The highest BCUT2D eigenvalue weighted by molar-refractivity contribution is 6.10. The van der Waals surface area contributed by atoms with Gasteiger partial charge in [0.05, 0.1) is 24.2 Å². The number of imide groups is 1. The number of hydrogen-bond donors (Lipinski definition) is 1. The van der Waals surface area contributed by atoms with Gasteiger partial charge in [0.15, 0.2) is 28.8 Å². The molecule has 3 aromatic rings. The normalized spacial score (nSPS) is 22.4. The summed E-state index contributed by atoms with van der Waals surface area (Å²) >= 11 is 0. The number of ketones is 1. The van der Waals surface area contributed by atoms with E-state index >= 15 is 8.78 Å². The highest BCUT2D eigenvalue weighted by Gasteiger charge is 2.53. The van der Waals surface area contributed by atoms with E-state index in [0.29, 0.717) is 35.5 Å². The van der Waals surface area contributed by atoms with E-state index in [1.807, 2.05) is 0 Å². The third-order valence-electron chi connectivity index (χ3n) is 8.04. The Morgan fingerprint density at radius 2 is 1.84 bits per heavy atom. The van der Waals surface area contributed by atoms with Crippen molar-refractivity contribution in [3.8, 4) is 5.75 Å². The molecule has 7 rings (SSSR count). The monoisotopic (exact) mass is 520 g/mol. The molecular weight excluding hydrogens is 498 g/mol. The lowest BCUT2D eigenvalue weighted by molar-refractivity contribution is -0.127. The molecule has 2 aromatic carbocycles. The van der Waals surface area contributed by atoms with Crippen molar-refractivity contribution in [3.05, 3.63) is 63.9 Å². The van der Waals surface area contributed by atoms with Crippen molar-refractivity contribution >= 4 is 34.5 Å². The zero-order valence-electron chi connectivity index (χ0n) is 20.2. The number of nitrogens with zero attached hydrogens (tertiary/aromatic N) is 1. The van der Waals surface area contributed by atoms with Crippen molar-refractivity contribution < 1.29 is 37.1 Å². The van der Waals surface area contributed by atoms with Crippen LogP contribution < -0.4 is 10.1 Å². The zero-order chi connectivity index (χ0) is 26.3. The first kappa shape index (κ1) is 23.1. The molecule has 194 valence electrons. The lowest BCUT2D eigenvalue weighted by Crippen LogP contribution is -2.46. The number of furan rings is 1. The summed E-state index contributed by atoms with van der Waals surface area (Å²) in [6.07, 6.45) is 2.36. The fraction of sp³-hybridized carbons (Fsp3) is 0.357. The number of ether oxygens (including phenoxy) is 1. The minimum absolute atomic E-state index is 0.00329. The Morgan fingerprint density at radius 1 is 1.03 bits per heavy atom. The number of Topliss-reactive ketones (excluding diaryl/α,β-unsaturated/α-hetero) is 1. The van der Waals surface area contributed by atoms with Crippen molar-refractivity contribution in [2.45, 2.75) is 44.1 Å². The van der Waals surface area contributed by atoms with Gasteiger partial charge in [-0.05, 0) is 54.5 Å². The second kappa shape index (κ2) is 7.96. The molecule has 1 saturated carbocycles. The van der Waals surface area contributed by atoms with Gasteiger partial charge in [-0.3, -0.25) is 24.5 Å². The van der Waals surface area contributed by atoms with Crippen molar-refractivity contribution in [1.29, 1.82) is 0 Å². The highest BCUT2D eigenvalue weighted by Crippen LogP contribution is 2.42. The summed E-state index contributed by atoms with van der Waals surface area (Å²) in [6.45, 7) is 0.126. The predicted octanol–water partition coefficient (Wildman–Crippen LogP) is 3.57. The quantitative estimate of drug-likeness (QED) is 0.499. The van der Waals surface area contributed by atoms with Gasteiger partial charge < -0.3 is 14.1 Å². The van der Waals surface area contributed by atoms with E-state index in [1.54, 1.807) is 12.1 Å². The molecule has 1 aromatic heterocycles. The molecule has 1 saturated heterocycles. The fourth-order valence-corrected chi connectivity index (χ4v) is 5.81. The molecule has 0 bridgehead atoms. The van der Waals surface area contributed by atoms with Crippen molar-refractivity contribution in [2.75, 3.05) is 13.2 Å². The molecule has 4 aliphatic rings. The largest absolute Gasteiger partial charge is 0.490 e. The maximum absolute atomic E-state index is 15.3. The van der Waals surface area contributed by atoms with Crippen LogP contribution >= 0.6 is 0 Å². The molecule has 0 unspecified atom stereocenters. The number of rotatable bonds is 6. The van der Waals surface area contributed by atoms with Gasteiger partial charge in [-0.25, -0.2) is 8.78 Å². The van der Waals surface area contributed by atoms with Crippen LogP contribution in [0.5, 0.6) is 5.75 Å². The zero-order valence-corrected chi connectivity index (χ0v) is 20.2. The second-order valence-corrected chi connectivity index (χ2v) is 10.6. The van der Waals surface area contributed by atoms with E-state index in [1.165, 1.54) is 17.0 Å². The van der Waals surface area contributed by atoms with E-state index < -0.39 is 34.8 Å². The Morgan fingerprint density at radius 3 is 2.58 bits per heavy atom. The standard InChI is InChI=1S/C28H22F2N2O6/c29-23-18(37-11-13-1-2-13)6-4-15-10-32(26(35)22(15)23)12-28(9-20(34)31-27(28)36)19-8-16-7-14-3-5-17(33)21(14)24(30)25(16)38-19/h4,6-8,13H,1-3,5,9-12H2,(H,31,34,36)/t28-/m1/s1. The van der Waals surface area contributed by atoms with Gasteiger partial charge in [0.2, 0.25) is 11.8 Å². The molecule has 2 aliphatic heterocycles. The second-order valence-electron chi connectivity index (χ2n) is 10.6. The molecule has 8 nitrogen and oxygen atoms in total. The summed E-state index contributed by atoms with van der Waals surface area (Å²) in [5.41, 5.74) is -0.953. The van der Waals surface area contributed by atoms with Gasteiger partial charge in [0.1, 0.15) is 11.2 Å². The first-order valence-electron chi connectivity index (χ1n) is 12.6. The summed E-state index contributed by atoms with van der Waals surface area (Å²) < 4.78 is 42.0. The van der Waals surface area contributed by atoms with Crippen LogP contribution in [0.4, 0.5) is 8.78 Å². The van der Waals surface area contributed by atoms with E-state index in [0.717, 1.165) is 12.8 Å². The number of halogens is 2. The third kappa shape index (κ3) is 3.32. The lowest BCUT2D eigenvalue weighted by atomic mass is 9.82. The number of carbonyl (C=O) groups is 4. The minimum Gasteiger partial charge on any atom is -0.490 e. The summed E-state index contributed by atoms with van der Waals surface area (Å²) in [6, 6.07) is 6.26. The summed E-state index contributed by atoms with van der Waals surface area (Å²) in [5, 5.41) is 2.62. The molecule has 38 heavy (non-hydrogen) atoms. The maximum atomic E-state index is 15.3. The lowest BCUT2D eigenvalue weighted by Gasteiger charge is -2.28. The van der Waals surface area contributed by atoms with Crippen LogP contribution in [0.15, 0.2) is 28.7 Å². The van der Waals surface area contributed by atoms with Gasteiger partial charge in [0.25, 0.3) is 5.91 Å². The Kier molecular flexibility index (Phi) is 4.83. The molecule has 3 heterocycles. The van der Waals surface area contributed by atoms with Crippen LogP contribution in [0.1, 0.15) is 63.3 Å². The number of nitrogens with one attached hydrogen (secondary N) is 1. The topological polar surface area (TPSA) is 106 Å². The SMILES string of the molecule is O=C1C[C@@](CN2Cc3ccc(OCC4CC4)c(F)c3C2=O)(c2cc3cc4c(c(F)c3o2)C(=O)CC4)C(=O)N1. The van der Waals surface area contributed by atoms with E-state index in [4.69, 9.17) is 9.15 Å².